The maximum absolute atomic E-state index is 12.4. The van der Waals surface area contributed by atoms with Crippen LogP contribution in [0, 0.1) is 0 Å². The number of H-pyrrole nitrogens is 1. The summed E-state index contributed by atoms with van der Waals surface area (Å²) < 4.78 is 0. The minimum Gasteiger partial charge on any atom is -0.338 e. The number of rotatable bonds is 6. The average molecular weight is 501 g/mol. The van der Waals surface area contributed by atoms with Gasteiger partial charge in [0.05, 0.1) is 5.75 Å². The second kappa shape index (κ2) is 9.03. The van der Waals surface area contributed by atoms with Crippen molar-refractivity contribution in [3.8, 4) is 0 Å². The fraction of sp³-hybridized carbons (Fsp3) is 0.0952. The zero-order valence-corrected chi connectivity index (χ0v) is 19.4. The van der Waals surface area contributed by atoms with Crippen LogP contribution in [0.15, 0.2) is 53.8 Å². The monoisotopic (exact) mass is 500 g/mol. The fourth-order valence-electron chi connectivity index (χ4n) is 3.17. The number of anilines is 1. The highest BCUT2D eigenvalue weighted by Crippen LogP contribution is 2.27. The van der Waals surface area contributed by atoms with Crippen LogP contribution in [0.3, 0.4) is 0 Å². The molecule has 0 bridgehead atoms. The van der Waals surface area contributed by atoms with Crippen molar-refractivity contribution in [1.29, 1.82) is 0 Å². The topological polar surface area (TPSA) is 96.5 Å². The van der Waals surface area contributed by atoms with Crippen LogP contribution in [0.25, 0.3) is 22.1 Å². The Morgan fingerprint density at radius 2 is 2.00 bits per heavy atom. The molecular formula is C21H14Cl2N6OS2. The highest BCUT2D eigenvalue weighted by molar-refractivity contribution is 7.99. The first-order chi connectivity index (χ1) is 15.5. The predicted molar refractivity (Wildman–Crippen MR) is 130 cm³/mol. The predicted octanol–water partition coefficient (Wildman–Crippen LogP) is 5.59. The Labute approximate surface area is 200 Å². The first-order valence-electron chi connectivity index (χ1n) is 9.47. The number of carbonyl (C=O) groups is 1. The van der Waals surface area contributed by atoms with Crippen molar-refractivity contribution in [3.63, 3.8) is 0 Å². The van der Waals surface area contributed by atoms with Gasteiger partial charge in [-0.1, -0.05) is 47.1 Å². The molecule has 160 valence electrons. The van der Waals surface area contributed by atoms with Crippen LogP contribution in [0.2, 0.25) is 10.0 Å². The summed E-state index contributed by atoms with van der Waals surface area (Å²) in [5, 5.41) is 14.3. The molecule has 0 unspecified atom stereocenters. The molecule has 0 aliphatic rings. The van der Waals surface area contributed by atoms with Gasteiger partial charge in [-0.2, -0.15) is 0 Å². The Balaban J connectivity index is 1.21. The third-order valence-electron chi connectivity index (χ3n) is 4.56. The van der Waals surface area contributed by atoms with Crippen molar-refractivity contribution in [2.24, 2.45) is 0 Å². The number of nitrogens with one attached hydrogen (secondary N) is 2. The lowest BCUT2D eigenvalue weighted by Crippen LogP contribution is -2.14. The molecule has 7 nitrogen and oxygen atoms in total. The summed E-state index contributed by atoms with van der Waals surface area (Å²) in [6.07, 6.45) is 2.47. The van der Waals surface area contributed by atoms with E-state index in [2.05, 4.69) is 30.5 Å². The van der Waals surface area contributed by atoms with E-state index in [1.54, 1.807) is 12.3 Å². The third-order valence-corrected chi connectivity index (χ3v) is 6.78. The number of nitrogens with zero attached hydrogens (tertiary/aromatic N) is 4. The molecule has 1 amide bonds. The Hall–Kier alpha value is -2.72. The van der Waals surface area contributed by atoms with Crippen molar-refractivity contribution in [2.45, 2.75) is 11.6 Å². The Morgan fingerprint density at radius 1 is 1.12 bits per heavy atom. The van der Waals surface area contributed by atoms with E-state index >= 15 is 0 Å². The smallest absolute Gasteiger partial charge is 0.236 e. The van der Waals surface area contributed by atoms with Crippen LogP contribution in [-0.4, -0.2) is 36.8 Å². The van der Waals surface area contributed by atoms with Crippen molar-refractivity contribution < 1.29 is 4.79 Å². The van der Waals surface area contributed by atoms with E-state index in [1.165, 1.54) is 23.1 Å². The second-order valence-electron chi connectivity index (χ2n) is 6.88. The van der Waals surface area contributed by atoms with Crippen molar-refractivity contribution >= 4 is 79.4 Å². The standard InChI is InChI=1S/C21H14Cl2N6OS2/c22-12-3-1-2-11(6-12)7-14-9-24-20(32-14)26-17(30)10-31-21-27-19-18(28-29-21)15-8-13(23)4-5-16(15)25-19/h1-6,8-9H,7,10H2,(H,24,26,30)(H,25,27,29). The molecule has 5 aromatic rings. The number of halogens is 2. The number of fused-ring (bicyclic) bond motifs is 3. The zero-order chi connectivity index (χ0) is 22.1. The van der Waals surface area contributed by atoms with Gasteiger partial charge in [-0.25, -0.2) is 9.97 Å². The van der Waals surface area contributed by atoms with Crippen LogP contribution in [-0.2, 0) is 11.2 Å². The van der Waals surface area contributed by atoms with E-state index in [9.17, 15) is 4.79 Å². The maximum Gasteiger partial charge on any atom is 0.236 e. The molecule has 0 radical (unpaired) electrons. The van der Waals surface area contributed by atoms with Gasteiger partial charge in [0.1, 0.15) is 5.52 Å². The number of hydrogen-bond acceptors (Lipinski definition) is 7. The lowest BCUT2D eigenvalue weighted by molar-refractivity contribution is -0.113. The van der Waals surface area contributed by atoms with Gasteiger partial charge in [0, 0.05) is 38.4 Å². The molecule has 3 aromatic heterocycles. The SMILES string of the molecule is O=C(CSc1nnc2c(n1)[nH]c1ccc(Cl)cc12)Nc1ncc(Cc2cccc(Cl)c2)s1. The van der Waals surface area contributed by atoms with Crippen LogP contribution in [0.5, 0.6) is 0 Å². The van der Waals surface area contributed by atoms with Crippen molar-refractivity contribution in [2.75, 3.05) is 11.1 Å². The molecule has 0 aliphatic carbocycles. The number of thioether (sulfide) groups is 1. The minimum atomic E-state index is -0.189. The van der Waals surface area contributed by atoms with E-state index in [0.29, 0.717) is 37.9 Å². The van der Waals surface area contributed by atoms with E-state index < -0.39 is 0 Å². The van der Waals surface area contributed by atoms with Crippen LogP contribution in [0.4, 0.5) is 5.13 Å². The van der Waals surface area contributed by atoms with E-state index in [-0.39, 0.29) is 11.7 Å². The molecule has 2 N–H and O–H groups in total. The highest BCUT2D eigenvalue weighted by Gasteiger charge is 2.13. The quantitative estimate of drug-likeness (QED) is 0.295. The maximum atomic E-state index is 12.4. The summed E-state index contributed by atoms with van der Waals surface area (Å²) in [5.41, 5.74) is 3.22. The molecule has 0 spiro atoms. The van der Waals surface area contributed by atoms with Gasteiger partial charge in [0.2, 0.25) is 11.1 Å². The Kier molecular flexibility index (Phi) is 5.97. The molecule has 5 rings (SSSR count). The molecular weight excluding hydrogens is 487 g/mol. The van der Waals surface area contributed by atoms with Gasteiger partial charge in [0.25, 0.3) is 0 Å². The van der Waals surface area contributed by atoms with E-state index in [0.717, 1.165) is 21.3 Å². The number of aromatic amines is 1. The number of carbonyl (C=O) groups excluding carboxylic acids is 1. The lowest BCUT2D eigenvalue weighted by Gasteiger charge is -2.01. The largest absolute Gasteiger partial charge is 0.338 e. The molecule has 0 atom stereocenters. The summed E-state index contributed by atoms with van der Waals surface area (Å²) in [4.78, 5) is 25.3. The zero-order valence-electron chi connectivity index (χ0n) is 16.3. The first-order valence-corrected chi connectivity index (χ1v) is 12.0. The van der Waals surface area contributed by atoms with Crippen LogP contribution in [0.1, 0.15) is 10.4 Å². The Bertz CT molecular complexity index is 1450. The molecule has 0 saturated carbocycles. The lowest BCUT2D eigenvalue weighted by atomic mass is 10.1. The number of hydrogen-bond donors (Lipinski definition) is 2. The first kappa shape index (κ1) is 21.1. The van der Waals surface area contributed by atoms with Gasteiger partial charge < -0.3 is 10.3 Å². The average Bonchev–Trinajstić information content (AvgIpc) is 3.35. The molecule has 11 heteroatoms. The Morgan fingerprint density at radius 3 is 2.88 bits per heavy atom. The molecule has 2 aromatic carbocycles. The second-order valence-corrected chi connectivity index (χ2v) is 9.81. The summed E-state index contributed by atoms with van der Waals surface area (Å²) in [6, 6.07) is 13.2. The normalized spacial score (nSPS) is 11.3. The van der Waals surface area contributed by atoms with Gasteiger partial charge >= 0.3 is 0 Å². The minimum absolute atomic E-state index is 0.141. The van der Waals surface area contributed by atoms with Crippen molar-refractivity contribution in [1.82, 2.24) is 25.1 Å². The fourth-order valence-corrected chi connectivity index (χ4v) is 5.00. The molecule has 0 fully saturated rings. The van der Waals surface area contributed by atoms with E-state index in [1.807, 2.05) is 36.4 Å². The van der Waals surface area contributed by atoms with Gasteiger partial charge in [-0.15, -0.1) is 21.5 Å². The molecule has 0 saturated heterocycles. The summed E-state index contributed by atoms with van der Waals surface area (Å²) in [6.45, 7) is 0. The summed E-state index contributed by atoms with van der Waals surface area (Å²) >= 11 is 14.7. The van der Waals surface area contributed by atoms with Gasteiger partial charge in [-0.3, -0.25) is 4.79 Å². The third kappa shape index (κ3) is 4.71. The molecule has 32 heavy (non-hydrogen) atoms. The molecule has 3 heterocycles. The van der Waals surface area contributed by atoms with Gasteiger partial charge in [-0.05, 0) is 35.9 Å². The number of amides is 1. The number of thiazole rings is 1. The van der Waals surface area contributed by atoms with Crippen LogP contribution < -0.4 is 5.32 Å². The highest BCUT2D eigenvalue weighted by atomic mass is 35.5. The summed E-state index contributed by atoms with van der Waals surface area (Å²) in [5.74, 6) is -0.0478. The summed E-state index contributed by atoms with van der Waals surface area (Å²) in [7, 11) is 0. The van der Waals surface area contributed by atoms with E-state index in [4.69, 9.17) is 23.2 Å². The van der Waals surface area contributed by atoms with Crippen molar-refractivity contribution in [3.05, 3.63) is 69.1 Å². The number of aromatic nitrogens is 5. The number of benzene rings is 2. The van der Waals surface area contributed by atoms with Gasteiger partial charge in [0.15, 0.2) is 10.8 Å². The van der Waals surface area contributed by atoms with Crippen LogP contribution >= 0.6 is 46.3 Å². The molecule has 0 aliphatic heterocycles.